The number of carbonyl (C=O) groups is 2. The molecule has 2 aliphatic rings. The zero-order chi connectivity index (χ0) is 14.3. The minimum Gasteiger partial charge on any atom is -0.489 e. The van der Waals surface area contributed by atoms with E-state index in [0.29, 0.717) is 30.5 Å². The lowest BCUT2D eigenvalue weighted by molar-refractivity contribution is -0.122. The van der Waals surface area contributed by atoms with Crippen molar-refractivity contribution < 1.29 is 19.4 Å². The molecule has 1 amide bonds. The van der Waals surface area contributed by atoms with Gasteiger partial charge in [0.25, 0.3) is 0 Å². The minimum atomic E-state index is -1.04. The summed E-state index contributed by atoms with van der Waals surface area (Å²) in [5, 5.41) is 9.19. The van der Waals surface area contributed by atoms with Crippen molar-refractivity contribution in [2.75, 3.05) is 18.1 Å². The number of fused-ring (bicyclic) bond motifs is 1. The predicted molar refractivity (Wildman–Crippen MR) is 73.1 cm³/mol. The molecule has 0 spiro atoms. The SMILES string of the molecule is CC(C(=O)N1CCOc2c(C(=O)O)cccc21)C1CC1. The summed E-state index contributed by atoms with van der Waals surface area (Å²) in [7, 11) is 0. The van der Waals surface area contributed by atoms with Crippen molar-refractivity contribution >= 4 is 17.6 Å². The largest absolute Gasteiger partial charge is 0.489 e. The van der Waals surface area contributed by atoms with Crippen molar-refractivity contribution in [1.29, 1.82) is 0 Å². The van der Waals surface area contributed by atoms with Gasteiger partial charge in [-0.2, -0.15) is 0 Å². The number of para-hydroxylation sites is 1. The van der Waals surface area contributed by atoms with Crippen molar-refractivity contribution in [2.45, 2.75) is 19.8 Å². The average molecular weight is 275 g/mol. The Morgan fingerprint density at radius 3 is 2.80 bits per heavy atom. The maximum atomic E-state index is 12.5. The highest BCUT2D eigenvalue weighted by molar-refractivity contribution is 6.00. The van der Waals surface area contributed by atoms with Gasteiger partial charge in [0.2, 0.25) is 5.91 Å². The Balaban J connectivity index is 1.95. The van der Waals surface area contributed by atoms with E-state index < -0.39 is 5.97 Å². The molecule has 0 radical (unpaired) electrons. The number of carboxylic acid groups (broad SMARTS) is 1. The summed E-state index contributed by atoms with van der Waals surface area (Å²) in [5.41, 5.74) is 0.688. The minimum absolute atomic E-state index is 0.00515. The quantitative estimate of drug-likeness (QED) is 0.918. The van der Waals surface area contributed by atoms with Gasteiger partial charge in [0.15, 0.2) is 5.75 Å². The molecule has 0 aromatic heterocycles. The molecular weight excluding hydrogens is 258 g/mol. The number of hydrogen-bond donors (Lipinski definition) is 1. The number of nitrogens with zero attached hydrogens (tertiary/aromatic N) is 1. The second-order valence-corrected chi connectivity index (χ2v) is 5.42. The first kappa shape index (κ1) is 13.0. The highest BCUT2D eigenvalue weighted by Crippen LogP contribution is 2.40. The summed E-state index contributed by atoms with van der Waals surface area (Å²) in [6.45, 7) is 2.77. The fraction of sp³-hybridized carbons (Fsp3) is 0.467. The molecule has 1 heterocycles. The summed E-state index contributed by atoms with van der Waals surface area (Å²) < 4.78 is 5.48. The molecule has 3 rings (SSSR count). The number of hydrogen-bond acceptors (Lipinski definition) is 3. The van der Waals surface area contributed by atoms with Crippen molar-refractivity contribution in [3.8, 4) is 5.75 Å². The van der Waals surface area contributed by atoms with Gasteiger partial charge in [-0.3, -0.25) is 4.79 Å². The maximum absolute atomic E-state index is 12.5. The second kappa shape index (κ2) is 4.81. The lowest BCUT2D eigenvalue weighted by Crippen LogP contribution is -2.41. The van der Waals surface area contributed by atoms with E-state index in [4.69, 9.17) is 4.74 Å². The van der Waals surface area contributed by atoms with Gasteiger partial charge in [-0.1, -0.05) is 13.0 Å². The molecule has 5 heteroatoms. The molecule has 1 aliphatic carbocycles. The Morgan fingerprint density at radius 1 is 1.40 bits per heavy atom. The van der Waals surface area contributed by atoms with Crippen LogP contribution < -0.4 is 9.64 Å². The van der Waals surface area contributed by atoms with Crippen LogP contribution in [0.1, 0.15) is 30.1 Å². The van der Waals surface area contributed by atoms with E-state index in [1.54, 1.807) is 17.0 Å². The van der Waals surface area contributed by atoms with Crippen molar-refractivity contribution in [3.05, 3.63) is 23.8 Å². The highest BCUT2D eigenvalue weighted by Gasteiger charge is 2.37. The van der Waals surface area contributed by atoms with Crippen LogP contribution in [0.4, 0.5) is 5.69 Å². The smallest absolute Gasteiger partial charge is 0.339 e. The third-order valence-electron chi connectivity index (χ3n) is 4.06. The fourth-order valence-electron chi connectivity index (χ4n) is 2.69. The molecule has 0 saturated heterocycles. The van der Waals surface area contributed by atoms with Gasteiger partial charge in [-0.15, -0.1) is 0 Å². The summed E-state index contributed by atoms with van der Waals surface area (Å²) in [4.78, 5) is 25.4. The normalized spacial score (nSPS) is 18.9. The Bertz CT molecular complexity index is 565. The van der Waals surface area contributed by atoms with Gasteiger partial charge < -0.3 is 14.7 Å². The number of amides is 1. The van der Waals surface area contributed by atoms with E-state index >= 15 is 0 Å². The Labute approximate surface area is 117 Å². The van der Waals surface area contributed by atoms with Gasteiger partial charge in [0.05, 0.1) is 12.2 Å². The number of aromatic carboxylic acids is 1. The Kier molecular flexibility index (Phi) is 3.12. The van der Waals surface area contributed by atoms with E-state index in [9.17, 15) is 14.7 Å². The van der Waals surface area contributed by atoms with Crippen LogP contribution >= 0.6 is 0 Å². The molecule has 20 heavy (non-hydrogen) atoms. The van der Waals surface area contributed by atoms with E-state index in [1.807, 2.05) is 6.92 Å². The van der Waals surface area contributed by atoms with Crippen LogP contribution in [0.3, 0.4) is 0 Å². The van der Waals surface area contributed by atoms with Crippen LogP contribution in [-0.4, -0.2) is 30.1 Å². The second-order valence-electron chi connectivity index (χ2n) is 5.42. The van der Waals surface area contributed by atoms with Crippen molar-refractivity contribution in [2.24, 2.45) is 11.8 Å². The molecule has 1 fully saturated rings. The van der Waals surface area contributed by atoms with Crippen molar-refractivity contribution in [3.63, 3.8) is 0 Å². The van der Waals surface area contributed by atoms with E-state index in [0.717, 1.165) is 12.8 Å². The molecule has 1 aromatic rings. The van der Waals surface area contributed by atoms with Gasteiger partial charge in [0, 0.05) is 5.92 Å². The van der Waals surface area contributed by atoms with E-state index in [-0.39, 0.29) is 17.4 Å². The number of benzene rings is 1. The fourth-order valence-corrected chi connectivity index (χ4v) is 2.69. The molecule has 1 aliphatic heterocycles. The molecule has 0 bridgehead atoms. The number of anilines is 1. The summed E-state index contributed by atoms with van der Waals surface area (Å²) >= 11 is 0. The number of ether oxygens (including phenoxy) is 1. The van der Waals surface area contributed by atoms with Gasteiger partial charge in [-0.25, -0.2) is 4.79 Å². The Hall–Kier alpha value is -2.04. The van der Waals surface area contributed by atoms with Crippen LogP contribution in [0, 0.1) is 11.8 Å². The van der Waals surface area contributed by atoms with Gasteiger partial charge in [-0.05, 0) is 30.9 Å². The zero-order valence-corrected chi connectivity index (χ0v) is 11.3. The molecule has 1 N–H and O–H groups in total. The van der Waals surface area contributed by atoms with Crippen LogP contribution in [0.2, 0.25) is 0 Å². The third-order valence-corrected chi connectivity index (χ3v) is 4.06. The molecule has 1 atom stereocenters. The first-order valence-electron chi connectivity index (χ1n) is 6.90. The van der Waals surface area contributed by atoms with E-state index in [1.165, 1.54) is 6.07 Å². The molecular formula is C15H17NO4. The van der Waals surface area contributed by atoms with Crippen molar-refractivity contribution in [1.82, 2.24) is 0 Å². The molecule has 1 aromatic carbocycles. The molecule has 1 unspecified atom stereocenters. The standard InChI is InChI=1S/C15H17NO4/c1-9(10-5-6-10)14(17)16-7-8-20-13-11(15(18)19)3-2-4-12(13)16/h2-4,9-10H,5-8H2,1H3,(H,18,19). The van der Waals surface area contributed by atoms with Gasteiger partial charge >= 0.3 is 5.97 Å². The highest BCUT2D eigenvalue weighted by atomic mass is 16.5. The number of rotatable bonds is 3. The molecule has 5 nitrogen and oxygen atoms in total. The summed E-state index contributed by atoms with van der Waals surface area (Å²) in [6, 6.07) is 4.90. The van der Waals surface area contributed by atoms with Gasteiger partial charge in [0.1, 0.15) is 12.2 Å². The predicted octanol–water partition coefficient (Wildman–Crippen LogP) is 2.16. The topological polar surface area (TPSA) is 66.8 Å². The lowest BCUT2D eigenvalue weighted by atomic mass is 10.0. The zero-order valence-electron chi connectivity index (χ0n) is 11.3. The first-order chi connectivity index (χ1) is 9.59. The maximum Gasteiger partial charge on any atom is 0.339 e. The van der Waals surface area contributed by atoms with E-state index in [2.05, 4.69) is 0 Å². The monoisotopic (exact) mass is 275 g/mol. The molecule has 106 valence electrons. The first-order valence-corrected chi connectivity index (χ1v) is 6.90. The molecule has 1 saturated carbocycles. The summed E-state index contributed by atoms with van der Waals surface area (Å²) in [5.74, 6) is -0.181. The lowest BCUT2D eigenvalue weighted by Gasteiger charge is -2.32. The average Bonchev–Trinajstić information content (AvgIpc) is 3.28. The number of carboxylic acids is 1. The van der Waals surface area contributed by atoms with Crippen LogP contribution in [0.5, 0.6) is 5.75 Å². The summed E-state index contributed by atoms with van der Waals surface area (Å²) in [6.07, 6.45) is 2.22. The Morgan fingerprint density at radius 2 is 2.15 bits per heavy atom. The van der Waals surface area contributed by atoms with Crippen LogP contribution in [-0.2, 0) is 4.79 Å². The number of carbonyl (C=O) groups excluding carboxylic acids is 1. The van der Waals surface area contributed by atoms with Crippen LogP contribution in [0.25, 0.3) is 0 Å². The third kappa shape index (κ3) is 2.13. The van der Waals surface area contributed by atoms with Crippen LogP contribution in [0.15, 0.2) is 18.2 Å².